The van der Waals surface area contributed by atoms with E-state index >= 15 is 0 Å². The predicted octanol–water partition coefficient (Wildman–Crippen LogP) is 3.68. The van der Waals surface area contributed by atoms with Gasteiger partial charge in [-0.3, -0.25) is 4.79 Å². The van der Waals surface area contributed by atoms with Gasteiger partial charge in [0.25, 0.3) is 0 Å². The Hall–Kier alpha value is -1.35. The molecule has 1 aromatic rings. The molecule has 0 saturated carbocycles. The number of Topliss-reactive ketones (excluding diaryl/α,β-unsaturated/α-hetero) is 1. The molecule has 0 unspecified atom stereocenters. The van der Waals surface area contributed by atoms with Crippen LogP contribution >= 0.6 is 0 Å². The van der Waals surface area contributed by atoms with E-state index in [1.54, 1.807) is 13.2 Å². The van der Waals surface area contributed by atoms with Gasteiger partial charge < -0.3 is 10.1 Å². The molecule has 0 saturated heterocycles. The number of carbonyl (C=O) groups is 1. The van der Waals surface area contributed by atoms with Crippen LogP contribution in [0.4, 0.5) is 0 Å². The van der Waals surface area contributed by atoms with Crippen molar-refractivity contribution in [3.63, 3.8) is 0 Å². The molecule has 3 nitrogen and oxygen atoms in total. The maximum atomic E-state index is 12.2. The number of hydrogen-bond acceptors (Lipinski definition) is 3. The van der Waals surface area contributed by atoms with Gasteiger partial charge >= 0.3 is 0 Å². The lowest BCUT2D eigenvalue weighted by Crippen LogP contribution is -2.44. The molecular weight excluding hydrogens is 250 g/mol. The van der Waals surface area contributed by atoms with Crippen LogP contribution in [0.25, 0.3) is 0 Å². The average Bonchev–Trinajstić information content (AvgIpc) is 2.33. The normalized spacial score (nSPS) is 12.3. The van der Waals surface area contributed by atoms with Crippen LogP contribution in [0.3, 0.4) is 0 Å². The summed E-state index contributed by atoms with van der Waals surface area (Å²) < 4.78 is 5.14. The van der Waals surface area contributed by atoms with Crippen LogP contribution in [0.2, 0.25) is 0 Å². The molecule has 0 heterocycles. The lowest BCUT2D eigenvalue weighted by atomic mass is 9.82. The van der Waals surface area contributed by atoms with Gasteiger partial charge in [-0.2, -0.15) is 0 Å². The topological polar surface area (TPSA) is 38.3 Å². The van der Waals surface area contributed by atoms with Crippen LogP contribution in [0.5, 0.6) is 5.75 Å². The molecule has 0 radical (unpaired) electrons. The predicted molar refractivity (Wildman–Crippen MR) is 83.5 cm³/mol. The van der Waals surface area contributed by atoms with E-state index in [0.29, 0.717) is 17.9 Å². The summed E-state index contributed by atoms with van der Waals surface area (Å²) in [4.78, 5) is 12.2. The molecular formula is C17H27NO2. The Balaban J connectivity index is 2.62. The third-order valence-electron chi connectivity index (χ3n) is 3.09. The van der Waals surface area contributed by atoms with Crippen molar-refractivity contribution >= 4 is 5.78 Å². The molecule has 0 atom stereocenters. The van der Waals surface area contributed by atoms with Crippen molar-refractivity contribution in [1.29, 1.82) is 0 Å². The summed E-state index contributed by atoms with van der Waals surface area (Å²) in [5.74, 6) is 0.802. The van der Waals surface area contributed by atoms with Crippen molar-refractivity contribution in [2.45, 2.75) is 46.6 Å². The Bertz CT molecular complexity index is 458. The smallest absolute Gasteiger partial charge is 0.176 e. The highest BCUT2D eigenvalue weighted by Gasteiger charge is 2.25. The second-order valence-corrected chi connectivity index (χ2v) is 7.13. The van der Waals surface area contributed by atoms with Crippen molar-refractivity contribution in [2.75, 3.05) is 13.7 Å². The van der Waals surface area contributed by atoms with Crippen LogP contribution in [0.1, 0.15) is 51.4 Å². The van der Waals surface area contributed by atoms with E-state index in [0.717, 1.165) is 6.42 Å². The fourth-order valence-electron chi connectivity index (χ4n) is 2.61. The van der Waals surface area contributed by atoms with Gasteiger partial charge in [0.15, 0.2) is 5.78 Å². The van der Waals surface area contributed by atoms with Gasteiger partial charge in [-0.1, -0.05) is 32.9 Å². The summed E-state index contributed by atoms with van der Waals surface area (Å²) in [5, 5.41) is 3.36. The van der Waals surface area contributed by atoms with Gasteiger partial charge in [0.1, 0.15) is 5.75 Å². The Morgan fingerprint density at radius 2 is 1.85 bits per heavy atom. The molecule has 1 N–H and O–H groups in total. The zero-order chi connectivity index (χ0) is 15.4. The van der Waals surface area contributed by atoms with E-state index in [4.69, 9.17) is 4.74 Å². The van der Waals surface area contributed by atoms with Crippen LogP contribution in [-0.2, 0) is 0 Å². The third-order valence-corrected chi connectivity index (χ3v) is 3.09. The minimum Gasteiger partial charge on any atom is -0.497 e. The Morgan fingerprint density at radius 1 is 1.20 bits per heavy atom. The molecule has 112 valence electrons. The van der Waals surface area contributed by atoms with E-state index in [-0.39, 0.29) is 16.7 Å². The molecule has 1 aromatic carbocycles. The molecule has 0 amide bonds. The number of ether oxygens (including phenoxy) is 1. The van der Waals surface area contributed by atoms with Gasteiger partial charge in [-0.15, -0.1) is 0 Å². The average molecular weight is 277 g/mol. The van der Waals surface area contributed by atoms with Gasteiger partial charge in [0.2, 0.25) is 0 Å². The number of nitrogens with one attached hydrogen (secondary N) is 1. The molecule has 0 spiro atoms. The maximum absolute atomic E-state index is 12.2. The second kappa shape index (κ2) is 6.40. The van der Waals surface area contributed by atoms with E-state index in [1.165, 1.54) is 0 Å². The van der Waals surface area contributed by atoms with Crippen molar-refractivity contribution in [2.24, 2.45) is 5.41 Å². The van der Waals surface area contributed by atoms with E-state index in [9.17, 15) is 4.79 Å². The summed E-state index contributed by atoms with van der Waals surface area (Å²) in [7, 11) is 1.61. The standard InChI is InChI=1S/C17H27NO2/c1-16(2,3)12-17(4,5)18-11-15(19)13-8-7-9-14(10-13)20-6/h7-10,18H,11-12H2,1-6H3. The largest absolute Gasteiger partial charge is 0.497 e. The molecule has 0 aliphatic rings. The summed E-state index contributed by atoms with van der Waals surface area (Å²) in [6.45, 7) is 11.2. The van der Waals surface area contributed by atoms with E-state index in [2.05, 4.69) is 39.9 Å². The monoisotopic (exact) mass is 277 g/mol. The number of carbonyl (C=O) groups excluding carboxylic acids is 1. The van der Waals surface area contributed by atoms with Crippen molar-refractivity contribution in [1.82, 2.24) is 5.32 Å². The van der Waals surface area contributed by atoms with Crippen LogP contribution in [0, 0.1) is 5.41 Å². The lowest BCUT2D eigenvalue weighted by Gasteiger charge is -2.33. The Morgan fingerprint density at radius 3 is 2.40 bits per heavy atom. The summed E-state index contributed by atoms with van der Waals surface area (Å²) in [5.41, 5.74) is 0.853. The van der Waals surface area contributed by atoms with E-state index in [1.807, 2.05) is 18.2 Å². The number of methoxy groups -OCH3 is 1. The molecule has 20 heavy (non-hydrogen) atoms. The van der Waals surface area contributed by atoms with Crippen LogP contribution in [-0.4, -0.2) is 25.0 Å². The molecule has 0 aromatic heterocycles. The Kier molecular flexibility index (Phi) is 5.35. The summed E-state index contributed by atoms with van der Waals surface area (Å²) >= 11 is 0. The fraction of sp³-hybridized carbons (Fsp3) is 0.588. The lowest BCUT2D eigenvalue weighted by molar-refractivity contribution is 0.0972. The summed E-state index contributed by atoms with van der Waals surface area (Å²) in [6, 6.07) is 7.28. The number of ketones is 1. The highest BCUT2D eigenvalue weighted by molar-refractivity contribution is 5.98. The molecule has 0 aliphatic heterocycles. The van der Waals surface area contributed by atoms with Gasteiger partial charge in [0, 0.05) is 11.1 Å². The number of benzene rings is 1. The maximum Gasteiger partial charge on any atom is 0.176 e. The fourth-order valence-corrected chi connectivity index (χ4v) is 2.61. The SMILES string of the molecule is COc1cccc(C(=O)CNC(C)(C)CC(C)(C)C)c1. The molecule has 0 fully saturated rings. The van der Waals surface area contributed by atoms with Crippen LogP contribution < -0.4 is 10.1 Å². The van der Waals surface area contributed by atoms with Crippen molar-refractivity contribution < 1.29 is 9.53 Å². The number of rotatable bonds is 6. The van der Waals surface area contributed by atoms with Gasteiger partial charge in [-0.05, 0) is 37.8 Å². The summed E-state index contributed by atoms with van der Waals surface area (Å²) in [6.07, 6.45) is 1.01. The highest BCUT2D eigenvalue weighted by atomic mass is 16.5. The first-order valence-electron chi connectivity index (χ1n) is 7.05. The van der Waals surface area contributed by atoms with Crippen molar-refractivity contribution in [3.05, 3.63) is 29.8 Å². The molecule has 0 bridgehead atoms. The first-order chi connectivity index (χ1) is 9.13. The van der Waals surface area contributed by atoms with Crippen LogP contribution in [0.15, 0.2) is 24.3 Å². The second-order valence-electron chi connectivity index (χ2n) is 7.13. The van der Waals surface area contributed by atoms with Gasteiger partial charge in [0.05, 0.1) is 13.7 Å². The number of hydrogen-bond donors (Lipinski definition) is 1. The molecule has 0 aliphatic carbocycles. The Labute approximate surface area is 122 Å². The first kappa shape index (κ1) is 16.7. The highest BCUT2D eigenvalue weighted by Crippen LogP contribution is 2.26. The van der Waals surface area contributed by atoms with Gasteiger partial charge in [-0.25, -0.2) is 0 Å². The minimum absolute atomic E-state index is 0.0627. The zero-order valence-corrected chi connectivity index (χ0v) is 13.5. The molecule has 1 rings (SSSR count). The minimum atomic E-state index is -0.0627. The molecule has 3 heteroatoms. The third kappa shape index (κ3) is 5.74. The zero-order valence-electron chi connectivity index (χ0n) is 13.5. The van der Waals surface area contributed by atoms with E-state index < -0.39 is 0 Å². The van der Waals surface area contributed by atoms with Crippen molar-refractivity contribution in [3.8, 4) is 5.75 Å². The quantitative estimate of drug-likeness (QED) is 0.806. The first-order valence-corrected chi connectivity index (χ1v) is 7.05.